The average Bonchev–Trinajstić information content (AvgIpc) is 3.09. The first-order chi connectivity index (χ1) is 9.54. The topological polar surface area (TPSA) is 69.3 Å². The number of nitrogens with one attached hydrogen (secondary N) is 1. The Labute approximate surface area is 125 Å². The van der Waals surface area contributed by atoms with Crippen molar-refractivity contribution in [1.29, 1.82) is 0 Å². The van der Waals surface area contributed by atoms with E-state index in [-0.39, 0.29) is 10.9 Å². The second-order valence-electron chi connectivity index (χ2n) is 4.88. The fraction of sp³-hybridized carbons (Fsp3) is 0.750. The van der Waals surface area contributed by atoms with Gasteiger partial charge in [0.2, 0.25) is 0 Å². The highest BCUT2D eigenvalue weighted by Crippen LogP contribution is 2.25. The van der Waals surface area contributed by atoms with Gasteiger partial charge in [0.1, 0.15) is 0 Å². The normalized spacial score (nSPS) is 20.9. The van der Waals surface area contributed by atoms with Crippen LogP contribution in [0.2, 0.25) is 0 Å². The van der Waals surface area contributed by atoms with Gasteiger partial charge in [0, 0.05) is 24.7 Å². The van der Waals surface area contributed by atoms with Gasteiger partial charge in [0.15, 0.2) is 5.03 Å². The van der Waals surface area contributed by atoms with Gasteiger partial charge >= 0.3 is 0 Å². The maximum absolute atomic E-state index is 12.6. The molecule has 20 heavy (non-hydrogen) atoms. The van der Waals surface area contributed by atoms with Gasteiger partial charge in [0.05, 0.1) is 12.1 Å². The number of rotatable bonds is 6. The molecule has 1 fully saturated rings. The number of aromatic amines is 1. The van der Waals surface area contributed by atoms with Gasteiger partial charge in [-0.3, -0.25) is 10.00 Å². The van der Waals surface area contributed by atoms with Crippen LogP contribution in [0.1, 0.15) is 25.8 Å². The standard InChI is InChI=1S/C12H21ClN4O2S/c1-3-16(4-2)11-5-6-17(9-11)20(18,19)12-10(7-13)8-14-15-12/h8,11H,3-7,9H2,1-2H3,(H,14,15). The van der Waals surface area contributed by atoms with Gasteiger partial charge in [-0.05, 0) is 19.5 Å². The number of likely N-dealkylation sites (N-methyl/N-ethyl adjacent to an activating group) is 1. The monoisotopic (exact) mass is 320 g/mol. The van der Waals surface area contributed by atoms with Crippen LogP contribution in [-0.4, -0.2) is 60.0 Å². The van der Waals surface area contributed by atoms with E-state index < -0.39 is 10.0 Å². The molecular weight excluding hydrogens is 300 g/mol. The van der Waals surface area contributed by atoms with Crippen LogP contribution in [-0.2, 0) is 15.9 Å². The highest BCUT2D eigenvalue weighted by atomic mass is 35.5. The summed E-state index contributed by atoms with van der Waals surface area (Å²) < 4.78 is 26.7. The lowest BCUT2D eigenvalue weighted by molar-refractivity contribution is 0.224. The number of nitrogens with zero attached hydrogens (tertiary/aromatic N) is 3. The summed E-state index contributed by atoms with van der Waals surface area (Å²) in [4.78, 5) is 2.30. The zero-order valence-electron chi connectivity index (χ0n) is 11.8. The second kappa shape index (κ2) is 6.43. The third-order valence-electron chi connectivity index (χ3n) is 3.87. The molecule has 1 aromatic heterocycles. The van der Waals surface area contributed by atoms with Gasteiger partial charge < -0.3 is 0 Å². The number of alkyl halides is 1. The molecule has 2 rings (SSSR count). The lowest BCUT2D eigenvalue weighted by Gasteiger charge is -2.25. The first-order valence-electron chi connectivity index (χ1n) is 6.87. The number of H-pyrrole nitrogens is 1. The summed E-state index contributed by atoms with van der Waals surface area (Å²) >= 11 is 5.76. The average molecular weight is 321 g/mol. The van der Waals surface area contributed by atoms with Crippen LogP contribution in [0.15, 0.2) is 11.2 Å². The summed E-state index contributed by atoms with van der Waals surface area (Å²) in [6.45, 7) is 7.15. The molecule has 0 bridgehead atoms. The Morgan fingerprint density at radius 2 is 2.20 bits per heavy atom. The smallest absolute Gasteiger partial charge is 0.260 e. The molecule has 0 aromatic carbocycles. The molecule has 1 N–H and O–H groups in total. The Bertz CT molecular complexity index is 541. The minimum Gasteiger partial charge on any atom is -0.300 e. The van der Waals surface area contributed by atoms with Crippen molar-refractivity contribution in [3.63, 3.8) is 0 Å². The predicted molar refractivity (Wildman–Crippen MR) is 78.2 cm³/mol. The van der Waals surface area contributed by atoms with E-state index in [9.17, 15) is 8.42 Å². The zero-order valence-corrected chi connectivity index (χ0v) is 13.4. The third kappa shape index (κ3) is 2.86. The van der Waals surface area contributed by atoms with Crippen molar-refractivity contribution in [2.24, 2.45) is 0 Å². The summed E-state index contributed by atoms with van der Waals surface area (Å²) in [7, 11) is -3.52. The molecule has 1 aliphatic rings. The molecule has 0 radical (unpaired) electrons. The highest BCUT2D eigenvalue weighted by Gasteiger charge is 2.36. The second-order valence-corrected chi connectivity index (χ2v) is 7.03. The van der Waals surface area contributed by atoms with E-state index in [1.54, 1.807) is 0 Å². The van der Waals surface area contributed by atoms with E-state index in [4.69, 9.17) is 11.6 Å². The number of halogens is 1. The molecular formula is C12H21ClN4O2S. The molecule has 2 heterocycles. The third-order valence-corrected chi connectivity index (χ3v) is 6.04. The maximum Gasteiger partial charge on any atom is 0.260 e. The zero-order chi connectivity index (χ0) is 14.8. The van der Waals surface area contributed by atoms with Crippen molar-refractivity contribution < 1.29 is 8.42 Å². The van der Waals surface area contributed by atoms with Gasteiger partial charge in [-0.25, -0.2) is 8.42 Å². The van der Waals surface area contributed by atoms with Gasteiger partial charge in [-0.2, -0.15) is 9.40 Å². The first kappa shape index (κ1) is 15.8. The quantitative estimate of drug-likeness (QED) is 0.801. The van der Waals surface area contributed by atoms with E-state index >= 15 is 0 Å². The largest absolute Gasteiger partial charge is 0.300 e. The summed E-state index contributed by atoms with van der Waals surface area (Å²) in [6, 6.07) is 0.294. The van der Waals surface area contributed by atoms with Crippen molar-refractivity contribution in [1.82, 2.24) is 19.4 Å². The molecule has 1 unspecified atom stereocenters. The lowest BCUT2D eigenvalue weighted by Crippen LogP contribution is -2.38. The molecule has 0 aliphatic carbocycles. The Morgan fingerprint density at radius 1 is 1.50 bits per heavy atom. The van der Waals surface area contributed by atoms with Crippen LogP contribution in [0, 0.1) is 0 Å². The van der Waals surface area contributed by atoms with Crippen LogP contribution < -0.4 is 0 Å². The van der Waals surface area contributed by atoms with Crippen molar-refractivity contribution in [2.75, 3.05) is 26.2 Å². The van der Waals surface area contributed by atoms with E-state index in [2.05, 4.69) is 28.9 Å². The number of aromatic nitrogens is 2. The van der Waals surface area contributed by atoms with E-state index in [0.29, 0.717) is 24.7 Å². The van der Waals surface area contributed by atoms with E-state index in [0.717, 1.165) is 19.5 Å². The van der Waals surface area contributed by atoms with Crippen molar-refractivity contribution in [3.05, 3.63) is 11.8 Å². The molecule has 8 heteroatoms. The fourth-order valence-corrected chi connectivity index (χ4v) is 4.59. The van der Waals surface area contributed by atoms with Crippen LogP contribution in [0.3, 0.4) is 0 Å². The van der Waals surface area contributed by atoms with Gasteiger partial charge in [-0.15, -0.1) is 11.6 Å². The summed E-state index contributed by atoms with van der Waals surface area (Å²) in [5.74, 6) is 0.137. The van der Waals surface area contributed by atoms with Crippen molar-refractivity contribution in [2.45, 2.75) is 37.2 Å². The minimum absolute atomic E-state index is 0.132. The maximum atomic E-state index is 12.6. The Kier molecular flexibility index (Phi) is 5.06. The fourth-order valence-electron chi connectivity index (χ4n) is 2.71. The summed E-state index contributed by atoms with van der Waals surface area (Å²) in [5, 5.41) is 6.49. The number of hydrogen-bond acceptors (Lipinski definition) is 4. The van der Waals surface area contributed by atoms with Crippen LogP contribution in [0.25, 0.3) is 0 Å². The Balaban J connectivity index is 2.17. The highest BCUT2D eigenvalue weighted by molar-refractivity contribution is 7.89. The Hall–Kier alpha value is -0.630. The number of hydrogen-bond donors (Lipinski definition) is 1. The van der Waals surface area contributed by atoms with E-state index in [1.165, 1.54) is 10.5 Å². The molecule has 0 saturated carbocycles. The van der Waals surface area contributed by atoms with Crippen molar-refractivity contribution in [3.8, 4) is 0 Å². The van der Waals surface area contributed by atoms with Gasteiger partial charge in [0.25, 0.3) is 10.0 Å². The molecule has 114 valence electrons. The predicted octanol–water partition coefficient (Wildman–Crippen LogP) is 1.25. The molecule has 0 amide bonds. The first-order valence-corrected chi connectivity index (χ1v) is 8.84. The SMILES string of the molecule is CCN(CC)C1CCN(S(=O)(=O)c2[nH]ncc2CCl)C1. The number of sulfonamides is 1. The van der Waals surface area contributed by atoms with Crippen LogP contribution in [0.5, 0.6) is 0 Å². The molecule has 1 atom stereocenters. The van der Waals surface area contributed by atoms with Crippen LogP contribution >= 0.6 is 11.6 Å². The minimum atomic E-state index is -3.52. The molecule has 1 aromatic rings. The molecule has 1 saturated heterocycles. The van der Waals surface area contributed by atoms with E-state index in [1.807, 2.05) is 0 Å². The van der Waals surface area contributed by atoms with Gasteiger partial charge in [-0.1, -0.05) is 13.8 Å². The summed E-state index contributed by atoms with van der Waals surface area (Å²) in [5.41, 5.74) is 0.526. The van der Waals surface area contributed by atoms with Crippen molar-refractivity contribution >= 4 is 21.6 Å². The summed E-state index contributed by atoms with van der Waals surface area (Å²) in [6.07, 6.45) is 2.34. The molecule has 0 spiro atoms. The Morgan fingerprint density at radius 3 is 2.80 bits per heavy atom. The molecule has 1 aliphatic heterocycles. The molecule has 6 nitrogen and oxygen atoms in total. The lowest BCUT2D eigenvalue weighted by atomic mass is 10.2. The van der Waals surface area contributed by atoms with Crippen LogP contribution in [0.4, 0.5) is 0 Å².